The van der Waals surface area contributed by atoms with Crippen molar-refractivity contribution in [2.24, 2.45) is 11.3 Å². The first-order valence-corrected chi connectivity index (χ1v) is 12.1. The van der Waals surface area contributed by atoms with Gasteiger partial charge < -0.3 is 14.7 Å². The lowest BCUT2D eigenvalue weighted by molar-refractivity contribution is -0.0267. The first kappa shape index (κ1) is 22.2. The van der Waals surface area contributed by atoms with Crippen LogP contribution in [-0.4, -0.2) is 53.3 Å². The van der Waals surface area contributed by atoms with Gasteiger partial charge in [0, 0.05) is 12.1 Å². The topological polar surface area (TPSA) is 53.0 Å². The third-order valence-electron chi connectivity index (χ3n) is 7.84. The van der Waals surface area contributed by atoms with Crippen molar-refractivity contribution >= 4 is 6.09 Å². The molecule has 0 unspecified atom stereocenters. The maximum Gasteiger partial charge on any atom is 0.408 e. The maximum atomic E-state index is 15.5. The fourth-order valence-electron chi connectivity index (χ4n) is 6.41. The highest BCUT2D eigenvalue weighted by Gasteiger charge is 2.50. The van der Waals surface area contributed by atoms with E-state index in [-0.39, 0.29) is 23.3 Å². The van der Waals surface area contributed by atoms with E-state index in [0.29, 0.717) is 23.8 Å². The van der Waals surface area contributed by atoms with Crippen molar-refractivity contribution < 1.29 is 19.0 Å². The zero-order valence-corrected chi connectivity index (χ0v) is 19.7. The monoisotopic (exact) mass is 452 g/mol. The molecule has 4 aliphatic rings. The Bertz CT molecular complexity index is 1060. The van der Waals surface area contributed by atoms with Crippen molar-refractivity contribution in [2.75, 3.05) is 26.2 Å². The lowest BCUT2D eigenvalue weighted by Crippen LogP contribution is -2.60. The second-order valence-corrected chi connectivity index (χ2v) is 10.5. The molecule has 1 aliphatic carbocycles. The molecule has 6 rings (SSSR count). The van der Waals surface area contributed by atoms with Crippen LogP contribution in [0, 0.1) is 17.2 Å². The number of halogens is 1. The molecule has 3 fully saturated rings. The normalized spacial score (nSPS) is 27.3. The third-order valence-corrected chi connectivity index (χ3v) is 7.84. The van der Waals surface area contributed by atoms with Crippen molar-refractivity contribution in [3.8, 4) is 16.9 Å². The Kier molecular flexibility index (Phi) is 5.60. The summed E-state index contributed by atoms with van der Waals surface area (Å²) in [5, 5.41) is 10.4. The van der Waals surface area contributed by atoms with Crippen molar-refractivity contribution in [3.63, 3.8) is 0 Å². The van der Waals surface area contributed by atoms with Gasteiger partial charge in [0.1, 0.15) is 11.6 Å². The summed E-state index contributed by atoms with van der Waals surface area (Å²) in [5.74, 6) is 0.785. The number of fused-ring (bicyclic) bond motifs is 4. The number of ether oxygens (including phenoxy) is 1. The van der Waals surface area contributed by atoms with E-state index in [0.717, 1.165) is 55.6 Å². The highest BCUT2D eigenvalue weighted by atomic mass is 19.1. The number of carbonyl (C=O) groups is 1. The van der Waals surface area contributed by atoms with Crippen molar-refractivity contribution in [2.45, 2.75) is 52.1 Å². The molecule has 5 nitrogen and oxygen atoms in total. The summed E-state index contributed by atoms with van der Waals surface area (Å²) < 4.78 is 21.1. The molecule has 0 saturated carbocycles. The number of benzene rings is 2. The largest absolute Gasteiger partial charge is 0.494 e. The molecule has 0 aromatic heterocycles. The molecule has 1 amide bonds. The predicted octanol–water partition coefficient (Wildman–Crippen LogP) is 5.59. The number of carboxylic acid groups (broad SMARTS) is 1. The molecule has 3 saturated heterocycles. The van der Waals surface area contributed by atoms with Crippen LogP contribution >= 0.6 is 0 Å². The zero-order chi connectivity index (χ0) is 23.3. The smallest absolute Gasteiger partial charge is 0.408 e. The van der Waals surface area contributed by atoms with E-state index in [1.54, 1.807) is 11.0 Å². The molecule has 0 radical (unpaired) electrons. The van der Waals surface area contributed by atoms with Gasteiger partial charge in [-0.25, -0.2) is 9.18 Å². The SMILES string of the molecule is CCOc1cccc(-c2cc3c(cc2F)[C@H](N(C(=O)O)[C@@H]2CN4CCC2CC4)C(C)(C)C3)c1. The molecule has 3 aliphatic heterocycles. The van der Waals surface area contributed by atoms with Gasteiger partial charge in [-0.2, -0.15) is 0 Å². The van der Waals surface area contributed by atoms with E-state index in [1.807, 2.05) is 37.3 Å². The van der Waals surface area contributed by atoms with E-state index in [2.05, 4.69) is 18.7 Å². The Labute approximate surface area is 195 Å². The van der Waals surface area contributed by atoms with Gasteiger partial charge in [-0.1, -0.05) is 26.0 Å². The maximum absolute atomic E-state index is 15.5. The lowest BCUT2D eigenvalue weighted by atomic mass is 9.79. The minimum atomic E-state index is -0.895. The van der Waals surface area contributed by atoms with Crippen molar-refractivity contribution in [1.82, 2.24) is 9.80 Å². The Morgan fingerprint density at radius 1 is 1.24 bits per heavy atom. The second kappa shape index (κ2) is 8.32. The van der Waals surface area contributed by atoms with E-state index in [9.17, 15) is 9.90 Å². The van der Waals surface area contributed by atoms with Gasteiger partial charge >= 0.3 is 6.09 Å². The molecule has 33 heavy (non-hydrogen) atoms. The summed E-state index contributed by atoms with van der Waals surface area (Å²) in [4.78, 5) is 16.7. The quantitative estimate of drug-likeness (QED) is 0.643. The number of amides is 1. The number of hydrogen-bond acceptors (Lipinski definition) is 3. The van der Waals surface area contributed by atoms with Gasteiger partial charge in [0.05, 0.1) is 18.7 Å². The molecule has 0 spiro atoms. The molecule has 1 N–H and O–H groups in total. The van der Waals surface area contributed by atoms with Gasteiger partial charge in [0.25, 0.3) is 0 Å². The molecular formula is C27H33FN2O3. The minimum Gasteiger partial charge on any atom is -0.494 e. The molecule has 2 aromatic carbocycles. The summed E-state index contributed by atoms with van der Waals surface area (Å²) in [5.41, 5.74) is 2.86. The van der Waals surface area contributed by atoms with Crippen LogP contribution in [0.15, 0.2) is 36.4 Å². The molecule has 3 heterocycles. The van der Waals surface area contributed by atoms with E-state index < -0.39 is 6.09 Å². The average Bonchev–Trinajstić information content (AvgIpc) is 3.04. The predicted molar refractivity (Wildman–Crippen MR) is 126 cm³/mol. The van der Waals surface area contributed by atoms with Crippen LogP contribution in [-0.2, 0) is 6.42 Å². The van der Waals surface area contributed by atoms with E-state index >= 15 is 4.39 Å². The Balaban J connectivity index is 1.55. The Hall–Kier alpha value is -2.60. The lowest BCUT2D eigenvalue weighted by Gasteiger charge is -2.51. The Morgan fingerprint density at radius 3 is 2.64 bits per heavy atom. The van der Waals surface area contributed by atoms with Gasteiger partial charge in [-0.3, -0.25) is 4.90 Å². The summed E-state index contributed by atoms with van der Waals surface area (Å²) in [6.45, 7) is 9.59. The van der Waals surface area contributed by atoms with Gasteiger partial charge in [0.15, 0.2) is 0 Å². The van der Waals surface area contributed by atoms with Crippen LogP contribution in [0.25, 0.3) is 11.1 Å². The fraction of sp³-hybridized carbons (Fsp3) is 0.519. The van der Waals surface area contributed by atoms with Crippen LogP contribution in [0.1, 0.15) is 50.8 Å². The van der Waals surface area contributed by atoms with E-state index in [4.69, 9.17) is 4.74 Å². The summed E-state index contributed by atoms with van der Waals surface area (Å²) in [6.07, 6.45) is 1.90. The Morgan fingerprint density at radius 2 is 2.00 bits per heavy atom. The zero-order valence-electron chi connectivity index (χ0n) is 19.7. The van der Waals surface area contributed by atoms with E-state index in [1.165, 1.54) is 0 Å². The molecule has 2 atom stereocenters. The van der Waals surface area contributed by atoms with Crippen LogP contribution in [0.4, 0.5) is 9.18 Å². The van der Waals surface area contributed by atoms with Crippen LogP contribution in [0.3, 0.4) is 0 Å². The molecule has 6 heteroatoms. The summed E-state index contributed by atoms with van der Waals surface area (Å²) in [6, 6.07) is 10.6. The minimum absolute atomic E-state index is 0.0363. The van der Waals surface area contributed by atoms with Crippen LogP contribution < -0.4 is 4.74 Å². The first-order valence-electron chi connectivity index (χ1n) is 12.1. The van der Waals surface area contributed by atoms with Gasteiger partial charge in [-0.15, -0.1) is 0 Å². The van der Waals surface area contributed by atoms with Crippen LogP contribution in [0.2, 0.25) is 0 Å². The number of hydrogen-bond donors (Lipinski definition) is 1. The highest BCUT2D eigenvalue weighted by molar-refractivity contribution is 5.70. The van der Waals surface area contributed by atoms with Crippen molar-refractivity contribution in [3.05, 3.63) is 53.3 Å². The number of rotatable bonds is 5. The van der Waals surface area contributed by atoms with Crippen molar-refractivity contribution in [1.29, 1.82) is 0 Å². The average molecular weight is 453 g/mol. The first-order chi connectivity index (χ1) is 15.8. The number of nitrogens with zero attached hydrogens (tertiary/aromatic N) is 2. The summed E-state index contributed by atoms with van der Waals surface area (Å²) >= 11 is 0. The standard InChI is InChI=1S/C27H33FN2O3/c1-4-33-20-7-5-6-18(12-20)21-13-19-15-27(2,3)25(22(19)14-23(21)28)30(26(31)32)24-16-29-10-8-17(24)9-11-29/h5-7,12-14,17,24-25H,4,8-11,15-16H2,1-3H3,(H,31,32)/t24-,25+/m1/s1. The molecule has 2 bridgehead atoms. The molecule has 176 valence electrons. The fourth-order valence-corrected chi connectivity index (χ4v) is 6.41. The van der Waals surface area contributed by atoms with Gasteiger partial charge in [0.2, 0.25) is 0 Å². The third kappa shape index (κ3) is 3.88. The summed E-state index contributed by atoms with van der Waals surface area (Å²) in [7, 11) is 0. The van der Waals surface area contributed by atoms with Crippen LogP contribution in [0.5, 0.6) is 5.75 Å². The molecule has 2 aromatic rings. The van der Waals surface area contributed by atoms with Gasteiger partial charge in [-0.05, 0) is 91.6 Å². The second-order valence-electron chi connectivity index (χ2n) is 10.5. The molecular weight excluding hydrogens is 419 g/mol. The number of piperidine rings is 3. The highest BCUT2D eigenvalue weighted by Crippen LogP contribution is 2.52.